The van der Waals surface area contributed by atoms with Crippen LogP contribution in [0.3, 0.4) is 0 Å². The van der Waals surface area contributed by atoms with E-state index in [1.165, 1.54) is 0 Å². The summed E-state index contributed by atoms with van der Waals surface area (Å²) in [6, 6.07) is 1.56. The van der Waals surface area contributed by atoms with Gasteiger partial charge in [-0.3, -0.25) is 4.79 Å². The summed E-state index contributed by atoms with van der Waals surface area (Å²) < 4.78 is 5.45. The minimum absolute atomic E-state index is 0.0292. The second-order valence-corrected chi connectivity index (χ2v) is 4.90. The minimum atomic E-state index is -0.345. The molecular formula is C14H23N5O2. The SMILES string of the molecule is CCNC(=O)C1COCCN1c1cc(C)nc(NCC)n1. The first kappa shape index (κ1) is 15.5. The molecule has 1 aliphatic rings. The van der Waals surface area contributed by atoms with Crippen LogP contribution in [0.4, 0.5) is 11.8 Å². The maximum absolute atomic E-state index is 12.2. The van der Waals surface area contributed by atoms with Crippen LogP contribution in [-0.2, 0) is 9.53 Å². The van der Waals surface area contributed by atoms with Crippen molar-refractivity contribution in [2.45, 2.75) is 26.8 Å². The number of rotatable bonds is 5. The Kier molecular flexibility index (Phi) is 5.32. The summed E-state index contributed by atoms with van der Waals surface area (Å²) in [7, 11) is 0. The number of aromatic nitrogens is 2. The van der Waals surface area contributed by atoms with Crippen molar-refractivity contribution >= 4 is 17.7 Å². The van der Waals surface area contributed by atoms with Gasteiger partial charge in [-0.05, 0) is 20.8 Å². The molecule has 1 fully saturated rings. The lowest BCUT2D eigenvalue weighted by atomic mass is 10.2. The molecule has 21 heavy (non-hydrogen) atoms. The van der Waals surface area contributed by atoms with Gasteiger partial charge in [0.1, 0.15) is 11.9 Å². The molecule has 1 aromatic heterocycles. The number of ether oxygens (including phenoxy) is 1. The van der Waals surface area contributed by atoms with Crippen molar-refractivity contribution in [1.82, 2.24) is 15.3 Å². The van der Waals surface area contributed by atoms with E-state index in [0.29, 0.717) is 32.3 Å². The fourth-order valence-corrected chi connectivity index (χ4v) is 2.32. The molecule has 0 aliphatic carbocycles. The Morgan fingerprint density at radius 3 is 2.95 bits per heavy atom. The average molecular weight is 293 g/mol. The van der Waals surface area contributed by atoms with Gasteiger partial charge in [-0.25, -0.2) is 4.98 Å². The van der Waals surface area contributed by atoms with E-state index < -0.39 is 0 Å². The number of likely N-dealkylation sites (N-methyl/N-ethyl adjacent to an activating group) is 1. The Morgan fingerprint density at radius 1 is 1.43 bits per heavy atom. The molecule has 116 valence electrons. The summed E-state index contributed by atoms with van der Waals surface area (Å²) in [6.45, 7) is 8.81. The number of hydrogen-bond donors (Lipinski definition) is 2. The monoisotopic (exact) mass is 293 g/mol. The van der Waals surface area contributed by atoms with Crippen LogP contribution in [0.15, 0.2) is 6.07 Å². The summed E-state index contributed by atoms with van der Waals surface area (Å²) in [6.07, 6.45) is 0. The summed E-state index contributed by atoms with van der Waals surface area (Å²) in [5.74, 6) is 1.32. The highest BCUT2D eigenvalue weighted by Crippen LogP contribution is 2.20. The van der Waals surface area contributed by atoms with Gasteiger partial charge in [0.15, 0.2) is 0 Å². The minimum Gasteiger partial charge on any atom is -0.377 e. The summed E-state index contributed by atoms with van der Waals surface area (Å²) in [5, 5.41) is 5.97. The largest absolute Gasteiger partial charge is 0.377 e. The Hall–Kier alpha value is -1.89. The molecule has 7 nitrogen and oxygen atoms in total. The Balaban J connectivity index is 2.26. The number of amides is 1. The smallest absolute Gasteiger partial charge is 0.245 e. The maximum atomic E-state index is 12.2. The number of nitrogens with zero attached hydrogens (tertiary/aromatic N) is 3. The van der Waals surface area contributed by atoms with Crippen LogP contribution in [0.5, 0.6) is 0 Å². The van der Waals surface area contributed by atoms with E-state index in [0.717, 1.165) is 18.1 Å². The van der Waals surface area contributed by atoms with Crippen LogP contribution in [-0.4, -0.2) is 54.8 Å². The van der Waals surface area contributed by atoms with Crippen LogP contribution in [0, 0.1) is 6.92 Å². The van der Waals surface area contributed by atoms with Gasteiger partial charge < -0.3 is 20.3 Å². The third-order valence-electron chi connectivity index (χ3n) is 3.25. The zero-order chi connectivity index (χ0) is 15.2. The molecule has 2 heterocycles. The molecule has 0 radical (unpaired) electrons. The van der Waals surface area contributed by atoms with Crippen LogP contribution in [0.1, 0.15) is 19.5 Å². The highest BCUT2D eigenvalue weighted by Gasteiger charge is 2.30. The number of anilines is 2. The quantitative estimate of drug-likeness (QED) is 0.826. The van der Waals surface area contributed by atoms with E-state index in [4.69, 9.17) is 4.74 Å². The second kappa shape index (κ2) is 7.21. The van der Waals surface area contributed by atoms with Crippen molar-refractivity contribution in [3.63, 3.8) is 0 Å². The first-order valence-electron chi connectivity index (χ1n) is 7.37. The number of hydrogen-bond acceptors (Lipinski definition) is 6. The zero-order valence-electron chi connectivity index (χ0n) is 12.8. The van der Waals surface area contributed by atoms with E-state index in [9.17, 15) is 4.79 Å². The molecule has 0 bridgehead atoms. The van der Waals surface area contributed by atoms with Crippen molar-refractivity contribution in [3.8, 4) is 0 Å². The Morgan fingerprint density at radius 2 is 2.24 bits per heavy atom. The summed E-state index contributed by atoms with van der Waals surface area (Å²) in [4.78, 5) is 23.0. The lowest BCUT2D eigenvalue weighted by Crippen LogP contribution is -2.54. The highest BCUT2D eigenvalue weighted by molar-refractivity contribution is 5.85. The van der Waals surface area contributed by atoms with E-state index in [1.807, 2.05) is 31.7 Å². The van der Waals surface area contributed by atoms with E-state index in [1.54, 1.807) is 0 Å². The number of aryl methyl sites for hydroxylation is 1. The third kappa shape index (κ3) is 3.81. The van der Waals surface area contributed by atoms with Crippen LogP contribution >= 0.6 is 0 Å². The predicted molar refractivity (Wildman–Crippen MR) is 81.6 cm³/mol. The normalized spacial score (nSPS) is 18.4. The lowest BCUT2D eigenvalue weighted by molar-refractivity contribution is -0.124. The molecule has 1 atom stereocenters. The van der Waals surface area contributed by atoms with Gasteiger partial charge in [-0.1, -0.05) is 0 Å². The molecule has 0 saturated carbocycles. The molecule has 1 aromatic rings. The summed E-state index contributed by atoms with van der Waals surface area (Å²) in [5.41, 5.74) is 0.872. The highest BCUT2D eigenvalue weighted by atomic mass is 16.5. The molecule has 1 unspecified atom stereocenters. The molecule has 7 heteroatoms. The third-order valence-corrected chi connectivity index (χ3v) is 3.25. The lowest BCUT2D eigenvalue weighted by Gasteiger charge is -2.35. The molecule has 1 amide bonds. The van der Waals surface area contributed by atoms with Gasteiger partial charge in [0.2, 0.25) is 11.9 Å². The molecule has 2 rings (SSSR count). The number of carbonyl (C=O) groups is 1. The van der Waals surface area contributed by atoms with Crippen LogP contribution in [0.25, 0.3) is 0 Å². The molecule has 0 spiro atoms. The van der Waals surface area contributed by atoms with Gasteiger partial charge in [0, 0.05) is 31.4 Å². The fraction of sp³-hybridized carbons (Fsp3) is 0.643. The maximum Gasteiger partial charge on any atom is 0.245 e. The van der Waals surface area contributed by atoms with Gasteiger partial charge >= 0.3 is 0 Å². The van der Waals surface area contributed by atoms with Crippen molar-refractivity contribution in [1.29, 1.82) is 0 Å². The van der Waals surface area contributed by atoms with E-state index >= 15 is 0 Å². The van der Waals surface area contributed by atoms with Crippen molar-refractivity contribution in [3.05, 3.63) is 11.8 Å². The van der Waals surface area contributed by atoms with Crippen molar-refractivity contribution in [2.75, 3.05) is 43.1 Å². The number of morpholine rings is 1. The zero-order valence-corrected chi connectivity index (χ0v) is 12.8. The van der Waals surface area contributed by atoms with Gasteiger partial charge in [0.05, 0.1) is 13.2 Å². The number of carbonyl (C=O) groups excluding carboxylic acids is 1. The molecule has 1 saturated heterocycles. The van der Waals surface area contributed by atoms with Gasteiger partial charge in [-0.15, -0.1) is 0 Å². The van der Waals surface area contributed by atoms with E-state index in [-0.39, 0.29) is 11.9 Å². The first-order chi connectivity index (χ1) is 10.2. The molecule has 1 aliphatic heterocycles. The summed E-state index contributed by atoms with van der Waals surface area (Å²) >= 11 is 0. The fourth-order valence-electron chi connectivity index (χ4n) is 2.32. The van der Waals surface area contributed by atoms with E-state index in [2.05, 4.69) is 20.6 Å². The number of nitrogens with one attached hydrogen (secondary N) is 2. The standard InChI is InChI=1S/C14H23N5O2/c1-4-15-13(20)11-9-21-7-6-19(11)12-8-10(3)17-14(18-12)16-5-2/h8,11H,4-7,9H2,1-3H3,(H,15,20)(H,16,17,18). The predicted octanol–water partition coefficient (Wildman–Crippen LogP) is 0.558. The second-order valence-electron chi connectivity index (χ2n) is 4.90. The van der Waals surface area contributed by atoms with Gasteiger partial charge in [0.25, 0.3) is 0 Å². The molecule has 2 N–H and O–H groups in total. The Labute approximate surface area is 125 Å². The van der Waals surface area contributed by atoms with Crippen molar-refractivity contribution in [2.24, 2.45) is 0 Å². The van der Waals surface area contributed by atoms with Crippen molar-refractivity contribution < 1.29 is 9.53 Å². The van der Waals surface area contributed by atoms with Gasteiger partial charge in [-0.2, -0.15) is 4.98 Å². The molecule has 0 aromatic carbocycles. The average Bonchev–Trinajstić information content (AvgIpc) is 2.47. The first-order valence-corrected chi connectivity index (χ1v) is 7.37. The van der Waals surface area contributed by atoms with Crippen LogP contribution in [0.2, 0.25) is 0 Å². The van der Waals surface area contributed by atoms with Crippen LogP contribution < -0.4 is 15.5 Å². The Bertz CT molecular complexity index is 494. The topological polar surface area (TPSA) is 79.4 Å². The molecular weight excluding hydrogens is 270 g/mol.